The van der Waals surface area contributed by atoms with Crippen molar-refractivity contribution in [3.8, 4) is 0 Å². The summed E-state index contributed by atoms with van der Waals surface area (Å²) in [7, 11) is 4.02. The lowest BCUT2D eigenvalue weighted by atomic mass is 10.2. The molecule has 2 aliphatic rings. The van der Waals surface area contributed by atoms with Crippen molar-refractivity contribution in [1.82, 2.24) is 20.0 Å². The van der Waals surface area contributed by atoms with Crippen molar-refractivity contribution in [1.29, 1.82) is 0 Å². The summed E-state index contributed by atoms with van der Waals surface area (Å²) in [6.45, 7) is 6.94. The van der Waals surface area contributed by atoms with E-state index in [9.17, 15) is 4.79 Å². The standard InChI is InChI=1S/C11H22N4O/c1-9-6-15(11(16)14(9)3)8-10-7-13(2)5-4-12-10/h9-10,12H,4-8H2,1-3H3. The number of nitrogens with zero attached hydrogens (tertiary/aromatic N) is 3. The van der Waals surface area contributed by atoms with E-state index in [-0.39, 0.29) is 6.03 Å². The van der Waals surface area contributed by atoms with Crippen LogP contribution in [0.25, 0.3) is 0 Å². The number of hydrogen-bond acceptors (Lipinski definition) is 3. The van der Waals surface area contributed by atoms with E-state index >= 15 is 0 Å². The Morgan fingerprint density at radius 3 is 2.69 bits per heavy atom. The smallest absolute Gasteiger partial charge is 0.320 e. The van der Waals surface area contributed by atoms with Crippen LogP contribution in [0.5, 0.6) is 0 Å². The molecule has 2 rings (SSSR count). The molecule has 0 aromatic rings. The van der Waals surface area contributed by atoms with Gasteiger partial charge in [0.05, 0.1) is 0 Å². The van der Waals surface area contributed by atoms with Gasteiger partial charge in [-0.05, 0) is 14.0 Å². The van der Waals surface area contributed by atoms with Crippen LogP contribution >= 0.6 is 0 Å². The SMILES string of the molecule is CC1CN(CC2CN(C)CCN2)C(=O)N1C. The first kappa shape index (κ1) is 11.7. The van der Waals surface area contributed by atoms with Gasteiger partial charge in [-0.2, -0.15) is 0 Å². The Morgan fingerprint density at radius 2 is 2.12 bits per heavy atom. The molecule has 1 N–H and O–H groups in total. The zero-order valence-corrected chi connectivity index (χ0v) is 10.4. The fraction of sp³-hybridized carbons (Fsp3) is 0.909. The molecule has 0 aliphatic carbocycles. The van der Waals surface area contributed by atoms with Crippen LogP contribution in [0.2, 0.25) is 0 Å². The van der Waals surface area contributed by atoms with Gasteiger partial charge in [0.2, 0.25) is 0 Å². The molecule has 2 fully saturated rings. The summed E-state index contributed by atoms with van der Waals surface area (Å²) in [5.41, 5.74) is 0. The maximum absolute atomic E-state index is 11.9. The molecule has 0 aromatic carbocycles. The summed E-state index contributed by atoms with van der Waals surface area (Å²) in [6.07, 6.45) is 0. The number of rotatable bonds is 2. The summed E-state index contributed by atoms with van der Waals surface area (Å²) >= 11 is 0. The molecule has 0 saturated carbocycles. The third-order valence-corrected chi connectivity index (χ3v) is 3.62. The molecule has 16 heavy (non-hydrogen) atoms. The molecule has 2 saturated heterocycles. The maximum atomic E-state index is 11.9. The molecule has 2 amide bonds. The summed E-state index contributed by atoms with van der Waals surface area (Å²) < 4.78 is 0. The molecule has 5 nitrogen and oxygen atoms in total. The largest absolute Gasteiger partial charge is 0.323 e. The number of carbonyl (C=O) groups excluding carboxylic acids is 1. The average molecular weight is 226 g/mol. The Labute approximate surface area is 97.4 Å². The topological polar surface area (TPSA) is 38.8 Å². The van der Waals surface area contributed by atoms with Gasteiger partial charge in [-0.15, -0.1) is 0 Å². The Bertz CT molecular complexity index is 271. The number of urea groups is 1. The molecule has 0 aromatic heterocycles. The minimum Gasteiger partial charge on any atom is -0.323 e. The van der Waals surface area contributed by atoms with E-state index in [0.29, 0.717) is 12.1 Å². The molecular formula is C11H22N4O. The Morgan fingerprint density at radius 1 is 1.38 bits per heavy atom. The predicted octanol–water partition coefficient (Wildman–Crippen LogP) is -0.354. The van der Waals surface area contributed by atoms with E-state index in [1.54, 1.807) is 0 Å². The van der Waals surface area contributed by atoms with Crippen LogP contribution in [0.15, 0.2) is 0 Å². The third kappa shape index (κ3) is 2.30. The van der Waals surface area contributed by atoms with Gasteiger partial charge < -0.3 is 20.0 Å². The monoisotopic (exact) mass is 226 g/mol. The minimum absolute atomic E-state index is 0.169. The zero-order chi connectivity index (χ0) is 11.7. The highest BCUT2D eigenvalue weighted by Crippen LogP contribution is 2.14. The van der Waals surface area contributed by atoms with Gasteiger partial charge in [0.1, 0.15) is 0 Å². The number of carbonyl (C=O) groups is 1. The predicted molar refractivity (Wildman–Crippen MR) is 63.5 cm³/mol. The van der Waals surface area contributed by atoms with E-state index in [1.165, 1.54) is 0 Å². The zero-order valence-electron chi connectivity index (χ0n) is 10.4. The summed E-state index contributed by atoms with van der Waals surface area (Å²) in [6, 6.07) is 0.928. The first-order valence-corrected chi connectivity index (χ1v) is 6.01. The second-order valence-corrected chi connectivity index (χ2v) is 5.06. The Kier molecular flexibility index (Phi) is 3.35. The highest BCUT2D eigenvalue weighted by molar-refractivity contribution is 5.76. The van der Waals surface area contributed by atoms with Gasteiger partial charge in [0, 0.05) is 51.9 Å². The molecule has 2 aliphatic heterocycles. The normalized spacial score (nSPS) is 32.6. The lowest BCUT2D eigenvalue weighted by molar-refractivity contribution is 0.176. The fourth-order valence-corrected chi connectivity index (χ4v) is 2.46. The van der Waals surface area contributed by atoms with E-state index in [2.05, 4.69) is 24.2 Å². The van der Waals surface area contributed by atoms with Gasteiger partial charge >= 0.3 is 6.03 Å². The fourth-order valence-electron chi connectivity index (χ4n) is 2.46. The number of nitrogens with one attached hydrogen (secondary N) is 1. The van der Waals surface area contributed by atoms with E-state index in [0.717, 1.165) is 32.7 Å². The minimum atomic E-state index is 0.169. The second kappa shape index (κ2) is 4.59. The number of amides is 2. The molecular weight excluding hydrogens is 204 g/mol. The molecule has 0 radical (unpaired) electrons. The van der Waals surface area contributed by atoms with Crippen molar-refractivity contribution in [2.45, 2.75) is 19.0 Å². The molecule has 5 heteroatoms. The highest BCUT2D eigenvalue weighted by atomic mass is 16.2. The molecule has 0 spiro atoms. The van der Waals surface area contributed by atoms with Crippen LogP contribution in [0.3, 0.4) is 0 Å². The Hall–Kier alpha value is -0.810. The first-order valence-electron chi connectivity index (χ1n) is 6.01. The maximum Gasteiger partial charge on any atom is 0.320 e. The van der Waals surface area contributed by atoms with Crippen molar-refractivity contribution in [2.24, 2.45) is 0 Å². The molecule has 2 heterocycles. The van der Waals surface area contributed by atoms with E-state index in [1.807, 2.05) is 16.8 Å². The van der Waals surface area contributed by atoms with Gasteiger partial charge in [-0.1, -0.05) is 0 Å². The summed E-state index contributed by atoms with van der Waals surface area (Å²) in [4.78, 5) is 18.0. The molecule has 2 atom stereocenters. The third-order valence-electron chi connectivity index (χ3n) is 3.62. The van der Waals surface area contributed by atoms with Crippen molar-refractivity contribution < 1.29 is 4.79 Å². The van der Waals surface area contributed by atoms with Crippen LogP contribution in [0, 0.1) is 0 Å². The molecule has 0 bridgehead atoms. The Balaban J connectivity index is 1.88. The lowest BCUT2D eigenvalue weighted by Gasteiger charge is -2.33. The highest BCUT2D eigenvalue weighted by Gasteiger charge is 2.33. The quantitative estimate of drug-likeness (QED) is 0.699. The van der Waals surface area contributed by atoms with E-state index < -0.39 is 0 Å². The van der Waals surface area contributed by atoms with Gasteiger partial charge in [-0.3, -0.25) is 0 Å². The van der Waals surface area contributed by atoms with E-state index in [4.69, 9.17) is 0 Å². The van der Waals surface area contributed by atoms with Gasteiger partial charge in [-0.25, -0.2) is 4.79 Å². The van der Waals surface area contributed by atoms with Crippen molar-refractivity contribution >= 4 is 6.03 Å². The van der Waals surface area contributed by atoms with Crippen LogP contribution in [0.1, 0.15) is 6.92 Å². The van der Waals surface area contributed by atoms with Crippen molar-refractivity contribution in [2.75, 3.05) is 46.8 Å². The first-order chi connectivity index (χ1) is 7.58. The van der Waals surface area contributed by atoms with Gasteiger partial charge in [0.25, 0.3) is 0 Å². The lowest BCUT2D eigenvalue weighted by Crippen LogP contribution is -2.54. The van der Waals surface area contributed by atoms with Crippen LogP contribution in [-0.2, 0) is 0 Å². The second-order valence-electron chi connectivity index (χ2n) is 5.06. The van der Waals surface area contributed by atoms with Crippen molar-refractivity contribution in [3.05, 3.63) is 0 Å². The van der Waals surface area contributed by atoms with Gasteiger partial charge in [0.15, 0.2) is 0 Å². The number of likely N-dealkylation sites (N-methyl/N-ethyl adjacent to an activating group) is 2. The van der Waals surface area contributed by atoms with Crippen LogP contribution in [-0.4, -0.2) is 79.6 Å². The number of hydrogen-bond donors (Lipinski definition) is 1. The molecule has 2 unspecified atom stereocenters. The summed E-state index contributed by atoms with van der Waals surface area (Å²) in [5, 5.41) is 3.47. The average Bonchev–Trinajstić information content (AvgIpc) is 2.47. The molecule has 92 valence electrons. The van der Waals surface area contributed by atoms with Crippen LogP contribution < -0.4 is 5.32 Å². The summed E-state index contributed by atoms with van der Waals surface area (Å²) in [5.74, 6) is 0. The number of piperazine rings is 1. The van der Waals surface area contributed by atoms with Crippen LogP contribution in [0.4, 0.5) is 4.79 Å². The van der Waals surface area contributed by atoms with Crippen molar-refractivity contribution in [3.63, 3.8) is 0 Å².